The van der Waals surface area contributed by atoms with Gasteiger partial charge in [-0.1, -0.05) is 18.2 Å². The molecule has 0 N–H and O–H groups in total. The number of carbonyl (C=O) groups excluding carboxylic acids is 2. The summed E-state index contributed by atoms with van der Waals surface area (Å²) in [6.07, 6.45) is 6.63. The molecular formula is C25H31ClFN3O3S. The fourth-order valence-corrected chi connectivity index (χ4v) is 4.55. The van der Waals surface area contributed by atoms with Crippen molar-refractivity contribution < 1.29 is 18.7 Å². The van der Waals surface area contributed by atoms with Crippen LogP contribution in [0.5, 0.6) is 0 Å². The summed E-state index contributed by atoms with van der Waals surface area (Å²) in [4.78, 5) is 26.8. The Labute approximate surface area is 211 Å². The van der Waals surface area contributed by atoms with Crippen molar-refractivity contribution in [1.29, 1.82) is 0 Å². The number of esters is 1. The van der Waals surface area contributed by atoms with Crippen LogP contribution in [0.4, 0.5) is 4.39 Å². The minimum Gasteiger partial charge on any atom is -0.466 e. The molecular weight excluding hydrogens is 477 g/mol. The number of Topliss-reactive ketones (excluding diaryl/α,β-unsaturated/α-hetero) is 1. The molecule has 2 atom stereocenters. The molecule has 2 fully saturated rings. The lowest BCUT2D eigenvalue weighted by molar-refractivity contribution is -0.143. The van der Waals surface area contributed by atoms with E-state index in [1.165, 1.54) is 6.07 Å². The lowest BCUT2D eigenvalue weighted by Crippen LogP contribution is -2.42. The van der Waals surface area contributed by atoms with Crippen molar-refractivity contribution in [2.24, 2.45) is 5.92 Å². The third-order valence-electron chi connectivity index (χ3n) is 6.16. The van der Waals surface area contributed by atoms with Gasteiger partial charge in [-0.05, 0) is 50.0 Å². The number of thiol groups is 1. The number of aryl methyl sites for hydroxylation is 1. The van der Waals surface area contributed by atoms with Gasteiger partial charge in [0.25, 0.3) is 0 Å². The summed E-state index contributed by atoms with van der Waals surface area (Å²) in [5.41, 5.74) is 2.27. The number of halogens is 2. The minimum atomic E-state index is -0.579. The fourth-order valence-electron chi connectivity index (χ4n) is 4.28. The third-order valence-corrected chi connectivity index (χ3v) is 6.75. The van der Waals surface area contributed by atoms with Crippen LogP contribution in [-0.4, -0.2) is 51.4 Å². The number of rotatable bonds is 9. The second-order valence-electron chi connectivity index (χ2n) is 8.65. The molecule has 1 aliphatic heterocycles. The van der Waals surface area contributed by atoms with Crippen LogP contribution in [0.15, 0.2) is 42.1 Å². The van der Waals surface area contributed by atoms with Gasteiger partial charge in [0, 0.05) is 36.0 Å². The molecule has 0 amide bonds. The molecule has 1 aromatic carbocycles. The van der Waals surface area contributed by atoms with Gasteiger partial charge < -0.3 is 4.74 Å². The zero-order chi connectivity index (χ0) is 23.4. The van der Waals surface area contributed by atoms with E-state index >= 15 is 0 Å². The highest BCUT2D eigenvalue weighted by atomic mass is 35.5. The van der Waals surface area contributed by atoms with Gasteiger partial charge in [0.1, 0.15) is 5.82 Å². The van der Waals surface area contributed by atoms with E-state index in [1.807, 2.05) is 18.3 Å². The van der Waals surface area contributed by atoms with Gasteiger partial charge in [-0.2, -0.15) is 17.7 Å². The van der Waals surface area contributed by atoms with Crippen molar-refractivity contribution in [1.82, 2.24) is 14.7 Å². The van der Waals surface area contributed by atoms with E-state index in [9.17, 15) is 14.0 Å². The van der Waals surface area contributed by atoms with Gasteiger partial charge in [0.15, 0.2) is 5.78 Å². The van der Waals surface area contributed by atoms with Crippen molar-refractivity contribution in [3.8, 4) is 0 Å². The highest BCUT2D eigenvalue weighted by Gasteiger charge is 2.40. The molecule has 1 saturated heterocycles. The molecule has 2 aliphatic rings. The van der Waals surface area contributed by atoms with Gasteiger partial charge in [0.2, 0.25) is 0 Å². The van der Waals surface area contributed by atoms with Crippen LogP contribution in [0, 0.1) is 11.7 Å². The number of nitrogens with zero attached hydrogens (tertiary/aromatic N) is 3. The predicted molar refractivity (Wildman–Crippen MR) is 135 cm³/mol. The van der Waals surface area contributed by atoms with E-state index in [4.69, 9.17) is 17.4 Å². The van der Waals surface area contributed by atoms with Gasteiger partial charge in [-0.15, -0.1) is 12.4 Å². The zero-order valence-electron chi connectivity index (χ0n) is 19.2. The van der Waals surface area contributed by atoms with E-state index in [0.717, 1.165) is 30.5 Å². The SMILES string of the molecule is CCOC(=O)CCn1ccc(/C=C2/CN([C@@H](C(=O)C3CC3)c3ccccc3F)CC[C@@H]2S)n1.Cl. The summed E-state index contributed by atoms with van der Waals surface area (Å²) in [5, 5.41) is 4.58. The second-order valence-corrected chi connectivity index (χ2v) is 9.28. The summed E-state index contributed by atoms with van der Waals surface area (Å²) >= 11 is 4.76. The molecule has 184 valence electrons. The Morgan fingerprint density at radius 2 is 2.03 bits per heavy atom. The molecule has 0 spiro atoms. The number of benzene rings is 1. The van der Waals surface area contributed by atoms with Crippen LogP contribution in [0.1, 0.15) is 49.9 Å². The topological polar surface area (TPSA) is 64.4 Å². The molecule has 2 heterocycles. The average Bonchev–Trinajstić information content (AvgIpc) is 3.56. The monoisotopic (exact) mass is 507 g/mol. The van der Waals surface area contributed by atoms with Gasteiger partial charge in [-0.3, -0.25) is 19.2 Å². The molecule has 4 rings (SSSR count). The second kappa shape index (κ2) is 12.0. The standard InChI is InChI=1S/C25H30FN3O3S.ClH/c1-2-32-23(30)11-14-29-13-9-19(27-29)15-18-16-28(12-10-22(18)33)24(25(31)17-7-8-17)20-5-3-4-6-21(20)26;/h3-6,9,13,15,17,22,24,33H,2,7-8,10-12,14,16H2,1H3;1H/b18-15-;/t22-,24+;/m0./s1. The van der Waals surface area contributed by atoms with E-state index < -0.39 is 6.04 Å². The smallest absolute Gasteiger partial charge is 0.307 e. The van der Waals surface area contributed by atoms with Gasteiger partial charge in [0.05, 0.1) is 31.3 Å². The summed E-state index contributed by atoms with van der Waals surface area (Å²) in [7, 11) is 0. The van der Waals surface area contributed by atoms with Crippen molar-refractivity contribution >= 4 is 42.9 Å². The number of ketones is 1. The first kappa shape index (κ1) is 26.4. The maximum Gasteiger partial charge on any atom is 0.307 e. The Morgan fingerprint density at radius 3 is 2.74 bits per heavy atom. The van der Waals surface area contributed by atoms with Crippen LogP contribution in [-0.2, 0) is 20.9 Å². The molecule has 2 aromatic rings. The van der Waals surface area contributed by atoms with Crippen molar-refractivity contribution in [3.63, 3.8) is 0 Å². The quantitative estimate of drug-likeness (QED) is 0.400. The highest BCUT2D eigenvalue weighted by Crippen LogP contribution is 2.39. The number of carbonyl (C=O) groups is 2. The maximum atomic E-state index is 14.7. The molecule has 6 nitrogen and oxygen atoms in total. The van der Waals surface area contributed by atoms with Crippen LogP contribution < -0.4 is 0 Å². The number of likely N-dealkylation sites (tertiary alicyclic amines) is 1. The third kappa shape index (κ3) is 6.49. The first-order valence-electron chi connectivity index (χ1n) is 11.6. The number of hydrogen-bond donors (Lipinski definition) is 1. The molecule has 0 radical (unpaired) electrons. The number of ether oxygens (including phenoxy) is 1. The van der Waals surface area contributed by atoms with Crippen LogP contribution in [0.25, 0.3) is 6.08 Å². The minimum absolute atomic E-state index is 0. The largest absolute Gasteiger partial charge is 0.466 e. The summed E-state index contributed by atoms with van der Waals surface area (Å²) < 4.78 is 21.4. The van der Waals surface area contributed by atoms with Gasteiger partial charge >= 0.3 is 5.97 Å². The molecule has 9 heteroatoms. The number of hydrogen-bond acceptors (Lipinski definition) is 6. The maximum absolute atomic E-state index is 14.7. The molecule has 0 bridgehead atoms. The Morgan fingerprint density at radius 1 is 1.26 bits per heavy atom. The van der Waals surface area contributed by atoms with Crippen LogP contribution in [0.2, 0.25) is 0 Å². The summed E-state index contributed by atoms with van der Waals surface area (Å²) in [6, 6.07) is 7.90. The van der Waals surface area contributed by atoms with E-state index in [1.54, 1.807) is 29.8 Å². The summed E-state index contributed by atoms with van der Waals surface area (Å²) in [6.45, 7) is 3.81. The number of aromatic nitrogens is 2. The van der Waals surface area contributed by atoms with E-state index in [-0.39, 0.29) is 47.6 Å². The van der Waals surface area contributed by atoms with E-state index in [2.05, 4.69) is 10.00 Å². The van der Waals surface area contributed by atoms with Crippen LogP contribution in [0.3, 0.4) is 0 Å². The first-order valence-corrected chi connectivity index (χ1v) is 12.1. The molecule has 34 heavy (non-hydrogen) atoms. The molecule has 0 unspecified atom stereocenters. The predicted octanol–water partition coefficient (Wildman–Crippen LogP) is 4.51. The van der Waals surface area contributed by atoms with Crippen molar-refractivity contribution in [3.05, 3.63) is 59.2 Å². The van der Waals surface area contributed by atoms with Crippen LogP contribution >= 0.6 is 25.0 Å². The molecule has 1 saturated carbocycles. The molecule has 1 aromatic heterocycles. The summed E-state index contributed by atoms with van der Waals surface area (Å²) in [5.74, 6) is -0.438. The normalized spacial score (nSPS) is 20.6. The fraction of sp³-hybridized carbons (Fsp3) is 0.480. The van der Waals surface area contributed by atoms with Gasteiger partial charge in [-0.25, -0.2) is 4.39 Å². The lowest BCUT2D eigenvalue weighted by Gasteiger charge is -2.37. The van der Waals surface area contributed by atoms with Crippen molar-refractivity contribution in [2.75, 3.05) is 19.7 Å². The van der Waals surface area contributed by atoms with Crippen molar-refractivity contribution in [2.45, 2.75) is 50.4 Å². The Hall–Kier alpha value is -2.16. The Bertz CT molecular complexity index is 1040. The Kier molecular flexibility index (Phi) is 9.33. The average molecular weight is 508 g/mol. The Balaban J connectivity index is 0.00000324. The zero-order valence-corrected chi connectivity index (χ0v) is 20.9. The van der Waals surface area contributed by atoms with E-state index in [0.29, 0.717) is 31.8 Å². The highest BCUT2D eigenvalue weighted by molar-refractivity contribution is 7.81. The molecule has 1 aliphatic carbocycles. The number of piperidine rings is 1. The lowest BCUT2D eigenvalue weighted by atomic mass is 9.93. The first-order chi connectivity index (χ1) is 16.0.